The van der Waals surface area contributed by atoms with E-state index in [1.165, 1.54) is 19.3 Å². The fraction of sp³-hybridized carbons (Fsp3) is 0.625. The highest BCUT2D eigenvalue weighted by Gasteiger charge is 2.34. The molecule has 0 aliphatic carbocycles. The molecule has 2 bridgehead atoms. The molecule has 0 spiro atoms. The number of hydrogen-bond donors (Lipinski definition) is 1. The van der Waals surface area contributed by atoms with Crippen LogP contribution in [0, 0.1) is 5.82 Å². The van der Waals surface area contributed by atoms with Crippen LogP contribution in [0.1, 0.15) is 30.4 Å². The van der Waals surface area contributed by atoms with E-state index < -0.39 is 0 Å². The van der Waals surface area contributed by atoms with E-state index in [-0.39, 0.29) is 12.4 Å². The summed E-state index contributed by atoms with van der Waals surface area (Å²) in [4.78, 5) is 4.92. The van der Waals surface area contributed by atoms with Crippen molar-refractivity contribution in [1.82, 2.24) is 9.80 Å². The van der Waals surface area contributed by atoms with Gasteiger partial charge in [-0.05, 0) is 26.3 Å². The van der Waals surface area contributed by atoms with Crippen LogP contribution < -0.4 is 5.73 Å². The van der Waals surface area contributed by atoms with Crippen LogP contribution in [-0.2, 0) is 13.1 Å². The van der Waals surface area contributed by atoms with Gasteiger partial charge in [0.1, 0.15) is 5.82 Å². The Kier molecular flexibility index (Phi) is 4.06. The van der Waals surface area contributed by atoms with Crippen LogP contribution in [0.2, 0.25) is 0 Å². The summed E-state index contributed by atoms with van der Waals surface area (Å²) in [7, 11) is 2.24. The van der Waals surface area contributed by atoms with Crippen LogP contribution in [0.4, 0.5) is 4.39 Å². The zero-order valence-corrected chi connectivity index (χ0v) is 12.2. The Labute approximate surface area is 120 Å². The van der Waals surface area contributed by atoms with Crippen molar-refractivity contribution in [3.8, 4) is 0 Å². The first-order chi connectivity index (χ1) is 9.69. The molecule has 0 saturated carbocycles. The highest BCUT2D eigenvalue weighted by Crippen LogP contribution is 2.29. The fourth-order valence-electron chi connectivity index (χ4n) is 3.68. The molecule has 0 amide bonds. The third kappa shape index (κ3) is 2.60. The summed E-state index contributed by atoms with van der Waals surface area (Å²) in [5.74, 6) is -0.113. The Morgan fingerprint density at radius 1 is 1.20 bits per heavy atom. The minimum Gasteiger partial charge on any atom is -0.326 e. The van der Waals surface area contributed by atoms with Gasteiger partial charge in [-0.3, -0.25) is 9.80 Å². The number of likely N-dealkylation sites (N-methyl/N-ethyl adjacent to an activating group) is 1. The predicted molar refractivity (Wildman–Crippen MR) is 78.8 cm³/mol. The maximum Gasteiger partial charge on any atom is 0.132 e. The van der Waals surface area contributed by atoms with Crippen LogP contribution in [-0.4, -0.2) is 42.0 Å². The van der Waals surface area contributed by atoms with Gasteiger partial charge >= 0.3 is 0 Å². The molecule has 2 unspecified atom stereocenters. The number of nitrogens with two attached hydrogens (primary N) is 1. The summed E-state index contributed by atoms with van der Waals surface area (Å²) in [6.07, 6.45) is 3.81. The van der Waals surface area contributed by atoms with Gasteiger partial charge in [-0.15, -0.1) is 0 Å². The average molecular weight is 277 g/mol. The van der Waals surface area contributed by atoms with Crippen molar-refractivity contribution >= 4 is 0 Å². The molecule has 4 heteroatoms. The molecule has 2 aliphatic rings. The van der Waals surface area contributed by atoms with Crippen molar-refractivity contribution in [3.05, 3.63) is 35.1 Å². The third-order valence-corrected chi connectivity index (χ3v) is 5.01. The average Bonchev–Trinajstić information content (AvgIpc) is 2.69. The summed E-state index contributed by atoms with van der Waals surface area (Å²) >= 11 is 0. The smallest absolute Gasteiger partial charge is 0.132 e. The first kappa shape index (κ1) is 14.0. The van der Waals surface area contributed by atoms with Crippen molar-refractivity contribution in [3.63, 3.8) is 0 Å². The Morgan fingerprint density at radius 2 is 1.95 bits per heavy atom. The van der Waals surface area contributed by atoms with Crippen LogP contribution in [0.25, 0.3) is 0 Å². The summed E-state index contributed by atoms with van der Waals surface area (Å²) in [5.41, 5.74) is 6.99. The molecule has 110 valence electrons. The summed E-state index contributed by atoms with van der Waals surface area (Å²) in [6, 6.07) is 6.95. The monoisotopic (exact) mass is 277 g/mol. The van der Waals surface area contributed by atoms with Gasteiger partial charge in [0.15, 0.2) is 0 Å². The first-order valence-corrected chi connectivity index (χ1v) is 7.59. The van der Waals surface area contributed by atoms with Crippen LogP contribution in [0.3, 0.4) is 0 Å². The van der Waals surface area contributed by atoms with Gasteiger partial charge in [-0.1, -0.05) is 18.2 Å². The van der Waals surface area contributed by atoms with E-state index in [1.807, 2.05) is 12.1 Å². The van der Waals surface area contributed by atoms with Gasteiger partial charge < -0.3 is 5.73 Å². The lowest BCUT2D eigenvalue weighted by atomic mass is 10.1. The predicted octanol–water partition coefficient (Wildman–Crippen LogP) is 1.95. The van der Waals surface area contributed by atoms with Crippen LogP contribution in [0.5, 0.6) is 0 Å². The first-order valence-electron chi connectivity index (χ1n) is 7.59. The summed E-state index contributed by atoms with van der Waals surface area (Å²) in [5, 5.41) is 0. The number of likely N-dealkylation sites (tertiary alicyclic amines) is 1. The number of rotatable bonds is 3. The number of halogens is 1. The standard InChI is InChI=1S/C16H24FN3/c1-19-14-5-6-15(19)11-20(8-7-14)10-13-4-2-3-12(9-18)16(13)17/h2-4,14-15H,5-11,18H2,1H3. The van der Waals surface area contributed by atoms with E-state index in [9.17, 15) is 4.39 Å². The molecule has 0 radical (unpaired) electrons. The van der Waals surface area contributed by atoms with Gasteiger partial charge in [0.25, 0.3) is 0 Å². The molecule has 2 saturated heterocycles. The van der Waals surface area contributed by atoms with Crippen LogP contribution >= 0.6 is 0 Å². The molecule has 20 heavy (non-hydrogen) atoms. The van der Waals surface area contributed by atoms with Crippen LogP contribution in [0.15, 0.2) is 18.2 Å². The van der Waals surface area contributed by atoms with E-state index in [0.717, 1.165) is 24.7 Å². The molecule has 1 aromatic carbocycles. The third-order valence-electron chi connectivity index (χ3n) is 5.01. The van der Waals surface area contributed by atoms with Gasteiger partial charge in [0, 0.05) is 49.4 Å². The second-order valence-corrected chi connectivity index (χ2v) is 6.17. The SMILES string of the molecule is CN1C2CCC1CN(Cc1cccc(CN)c1F)CC2. The van der Waals surface area contributed by atoms with E-state index in [4.69, 9.17) is 5.73 Å². The molecule has 2 aliphatic heterocycles. The number of fused-ring (bicyclic) bond motifs is 2. The van der Waals surface area contributed by atoms with Crippen molar-refractivity contribution in [2.45, 2.75) is 44.4 Å². The van der Waals surface area contributed by atoms with E-state index in [2.05, 4.69) is 16.8 Å². The maximum atomic E-state index is 14.3. The quantitative estimate of drug-likeness (QED) is 0.916. The van der Waals surface area contributed by atoms with E-state index >= 15 is 0 Å². The number of nitrogens with zero attached hydrogens (tertiary/aromatic N) is 2. The molecule has 2 fully saturated rings. The molecule has 2 atom stereocenters. The van der Waals surface area contributed by atoms with Crippen molar-refractivity contribution in [1.29, 1.82) is 0 Å². The molecule has 0 aromatic heterocycles. The lowest BCUT2D eigenvalue weighted by molar-refractivity contribution is 0.213. The van der Waals surface area contributed by atoms with Crippen molar-refractivity contribution in [2.75, 3.05) is 20.1 Å². The van der Waals surface area contributed by atoms with Gasteiger partial charge in [0.05, 0.1) is 0 Å². The second-order valence-electron chi connectivity index (χ2n) is 6.17. The fourth-order valence-corrected chi connectivity index (χ4v) is 3.68. The number of benzene rings is 1. The van der Waals surface area contributed by atoms with Crippen molar-refractivity contribution < 1.29 is 4.39 Å². The normalized spacial score (nSPS) is 27.8. The van der Waals surface area contributed by atoms with Gasteiger partial charge in [-0.2, -0.15) is 0 Å². The molecule has 3 rings (SSSR count). The zero-order chi connectivity index (χ0) is 14.1. The van der Waals surface area contributed by atoms with E-state index in [1.54, 1.807) is 6.07 Å². The van der Waals surface area contributed by atoms with Crippen molar-refractivity contribution in [2.24, 2.45) is 5.73 Å². The minimum atomic E-state index is -0.113. The molecule has 1 aromatic rings. The molecule has 2 N–H and O–H groups in total. The topological polar surface area (TPSA) is 32.5 Å². The summed E-state index contributed by atoms with van der Waals surface area (Å²) < 4.78 is 14.3. The Hall–Kier alpha value is -0.970. The molecular formula is C16H24FN3. The second kappa shape index (κ2) is 5.80. The minimum absolute atomic E-state index is 0.113. The Bertz CT molecular complexity index is 477. The Morgan fingerprint density at radius 3 is 2.75 bits per heavy atom. The lowest BCUT2D eigenvalue weighted by Crippen LogP contribution is -2.36. The lowest BCUT2D eigenvalue weighted by Gasteiger charge is -2.26. The van der Waals surface area contributed by atoms with Gasteiger partial charge in [0.2, 0.25) is 0 Å². The number of hydrogen-bond acceptors (Lipinski definition) is 3. The molecule has 2 heterocycles. The molecular weight excluding hydrogens is 253 g/mol. The largest absolute Gasteiger partial charge is 0.326 e. The highest BCUT2D eigenvalue weighted by atomic mass is 19.1. The maximum absolute atomic E-state index is 14.3. The highest BCUT2D eigenvalue weighted by molar-refractivity contribution is 5.26. The van der Waals surface area contributed by atoms with Gasteiger partial charge in [-0.25, -0.2) is 4.39 Å². The Balaban J connectivity index is 1.72. The van der Waals surface area contributed by atoms with E-state index in [0.29, 0.717) is 18.2 Å². The zero-order valence-electron chi connectivity index (χ0n) is 12.2. The molecule has 3 nitrogen and oxygen atoms in total. The summed E-state index contributed by atoms with van der Waals surface area (Å²) in [6.45, 7) is 3.10.